The van der Waals surface area contributed by atoms with Crippen LogP contribution < -0.4 is 31.9 Å². The van der Waals surface area contributed by atoms with Crippen LogP contribution in [0.1, 0.15) is 129 Å². The first kappa shape index (κ1) is 70.2. The number of carbonyl (C=O) groups is 9. The highest BCUT2D eigenvalue weighted by Crippen LogP contribution is 2.41. The molecule has 0 bridgehead atoms. The Bertz CT molecular complexity index is 3450. The molecule has 6 amide bonds. The summed E-state index contributed by atoms with van der Waals surface area (Å²) in [6, 6.07) is 25.5. The van der Waals surface area contributed by atoms with E-state index in [1.54, 1.807) is 66.2 Å². The molecule has 5 atom stereocenters. The van der Waals surface area contributed by atoms with Gasteiger partial charge in [0.05, 0.1) is 42.5 Å². The standard InChI is InChI=1S/C69H90N10O11/c1-41(2)52(38-49(80)31-32-57(82)79-39-47-21-14-15-23-50(47)60-59(75-76-78(60)13)51-24-16-17-26-54(51)79)63(84)73-53(25-19-33-72-67(70)89)56(81)36-44-27-29-45(30-28-44)40-90-58(83)37-46-20-18-22-48(35-46)69(9,10)61(71-11)64(85)74-62(68(6,7)8)65(86)77(12)55(42(3)4)34-43(5)66(87)88/h14-18,20-24,26-30,34-35,41-42,52-53,55,61-62,71H,19,25,31-33,36-40H2,1-13H3,(H,73,84)(H,74,85)(H,87,88)(H3,70,72,89)/b43-34+/t52?,53-,55+,61+,62+/m0/s1. The highest BCUT2D eigenvalue weighted by Gasteiger charge is 2.42. The first-order valence-corrected chi connectivity index (χ1v) is 30.7. The Morgan fingerprint density at radius 1 is 0.778 bits per heavy atom. The van der Waals surface area contributed by atoms with Crippen LogP contribution in [0.4, 0.5) is 10.5 Å². The first-order chi connectivity index (χ1) is 42.4. The molecule has 90 heavy (non-hydrogen) atoms. The number of esters is 1. The number of aliphatic carboxylic acids is 1. The van der Waals surface area contributed by atoms with E-state index in [-0.39, 0.29) is 99.0 Å². The summed E-state index contributed by atoms with van der Waals surface area (Å²) in [5, 5.41) is 29.9. The van der Waals surface area contributed by atoms with Crippen molar-refractivity contribution in [2.45, 2.75) is 157 Å². The number of hydrogen-bond donors (Lipinski definition) is 6. The lowest BCUT2D eigenvalue weighted by Gasteiger charge is -2.40. The third-order valence-electron chi connectivity index (χ3n) is 16.8. The lowest BCUT2D eigenvalue weighted by atomic mass is 9.76. The minimum atomic E-state index is -1.08. The molecule has 21 heteroatoms. The van der Waals surface area contributed by atoms with Crippen molar-refractivity contribution in [3.63, 3.8) is 0 Å². The topological polar surface area (TPSA) is 294 Å². The fourth-order valence-corrected chi connectivity index (χ4v) is 11.4. The summed E-state index contributed by atoms with van der Waals surface area (Å²) in [5.41, 5.74) is 11.1. The Hall–Kier alpha value is -8.85. The predicted molar refractivity (Wildman–Crippen MR) is 344 cm³/mol. The molecule has 1 aliphatic rings. The zero-order chi connectivity index (χ0) is 66.4. The van der Waals surface area contributed by atoms with Crippen LogP contribution in [0.3, 0.4) is 0 Å². The molecule has 21 nitrogen and oxygen atoms in total. The number of carboxylic acids is 1. The van der Waals surface area contributed by atoms with Gasteiger partial charge in [0.15, 0.2) is 5.78 Å². The second kappa shape index (κ2) is 31.1. The van der Waals surface area contributed by atoms with E-state index in [1.807, 2.05) is 130 Å². The van der Waals surface area contributed by atoms with E-state index in [4.69, 9.17) is 10.5 Å². The van der Waals surface area contributed by atoms with Gasteiger partial charge in [-0.3, -0.25) is 33.6 Å². The van der Waals surface area contributed by atoms with Crippen LogP contribution >= 0.6 is 0 Å². The molecule has 1 aliphatic heterocycles. The van der Waals surface area contributed by atoms with Crippen LogP contribution in [0.5, 0.6) is 0 Å². The van der Waals surface area contributed by atoms with Crippen LogP contribution in [-0.2, 0) is 81.5 Å². The number of Topliss-reactive ketones (excluding diaryl/α,β-unsaturated/α-hetero) is 2. The highest BCUT2D eigenvalue weighted by atomic mass is 16.5. The number of nitrogens with one attached hydrogen (secondary N) is 4. The molecule has 1 aromatic heterocycles. The molecule has 7 N–H and O–H groups in total. The number of para-hydroxylation sites is 1. The van der Waals surface area contributed by atoms with Crippen LogP contribution in [0, 0.1) is 23.2 Å². The Labute approximate surface area is 528 Å². The minimum absolute atomic E-state index is 0.0587. The van der Waals surface area contributed by atoms with Gasteiger partial charge in [-0.15, -0.1) is 5.10 Å². The number of amides is 6. The van der Waals surface area contributed by atoms with Gasteiger partial charge in [-0.2, -0.15) is 0 Å². The molecule has 2 heterocycles. The summed E-state index contributed by atoms with van der Waals surface area (Å²) in [6.07, 6.45) is 1.53. The van der Waals surface area contributed by atoms with Crippen LogP contribution in [0.25, 0.3) is 22.5 Å². The van der Waals surface area contributed by atoms with Crippen molar-refractivity contribution in [3.8, 4) is 22.5 Å². The molecule has 0 saturated heterocycles. The van der Waals surface area contributed by atoms with Crippen molar-refractivity contribution in [1.29, 1.82) is 0 Å². The van der Waals surface area contributed by atoms with Gasteiger partial charge >= 0.3 is 18.0 Å². The first-order valence-electron chi connectivity index (χ1n) is 30.7. The molecule has 4 aromatic carbocycles. The lowest BCUT2D eigenvalue weighted by molar-refractivity contribution is -0.144. The maximum absolute atomic E-state index is 14.3. The Morgan fingerprint density at radius 2 is 1.43 bits per heavy atom. The summed E-state index contributed by atoms with van der Waals surface area (Å²) < 4.78 is 7.43. The van der Waals surface area contributed by atoms with E-state index >= 15 is 0 Å². The third-order valence-corrected chi connectivity index (χ3v) is 16.8. The molecule has 482 valence electrons. The SMILES string of the molecule is CN[C@H](C(=O)N[C@H](C(=O)N(C)[C@H](/C=C(\C)C(=O)O)C(C)C)C(C)(C)C)C(C)(C)c1cccc(CC(=O)OCc2ccc(CC(=O)[C@H](CCCNC(N)=O)NC(=O)C(CC(=O)CCC(=O)N3Cc4ccccc4-c4c(nnn4C)-c4ccccc43)C(C)C)cc2)c1. The molecule has 1 unspecified atom stereocenters. The largest absolute Gasteiger partial charge is 0.478 e. The van der Waals surface area contributed by atoms with E-state index in [1.165, 1.54) is 11.8 Å². The van der Waals surface area contributed by atoms with E-state index in [9.17, 15) is 48.3 Å². The molecule has 6 rings (SSSR count). The summed E-state index contributed by atoms with van der Waals surface area (Å²) in [4.78, 5) is 124. The quantitative estimate of drug-likeness (QED) is 0.0150. The number of nitrogens with zero attached hydrogens (tertiary/aromatic N) is 5. The summed E-state index contributed by atoms with van der Waals surface area (Å²) in [5.74, 6) is -4.95. The smallest absolute Gasteiger partial charge is 0.331 e. The van der Waals surface area contributed by atoms with Gasteiger partial charge in [-0.1, -0.05) is 165 Å². The van der Waals surface area contributed by atoms with Gasteiger partial charge in [-0.05, 0) is 77.9 Å². The number of hydrogen-bond acceptors (Lipinski definition) is 13. The average molecular weight is 1240 g/mol. The van der Waals surface area contributed by atoms with Crippen molar-refractivity contribution in [1.82, 2.24) is 41.2 Å². The Kier molecular flexibility index (Phi) is 24.2. The van der Waals surface area contributed by atoms with Crippen LogP contribution in [-0.4, -0.2) is 123 Å². The summed E-state index contributed by atoms with van der Waals surface area (Å²) >= 11 is 0. The normalized spacial score (nSPS) is 14.1. The number of likely N-dealkylation sites (N-methyl/N-ethyl adjacent to an activating group) is 2. The fourth-order valence-electron chi connectivity index (χ4n) is 11.4. The van der Waals surface area contributed by atoms with Crippen molar-refractivity contribution in [2.24, 2.45) is 36.0 Å². The maximum Gasteiger partial charge on any atom is 0.331 e. The van der Waals surface area contributed by atoms with E-state index < -0.39 is 70.7 Å². The molecule has 0 radical (unpaired) electrons. The monoisotopic (exact) mass is 1230 g/mol. The number of aromatic nitrogens is 3. The number of carboxylic acid groups (broad SMARTS) is 1. The highest BCUT2D eigenvalue weighted by molar-refractivity contribution is 6.02. The molecule has 0 saturated carbocycles. The number of fused-ring (bicyclic) bond motifs is 5. The molecule has 5 aromatic rings. The van der Waals surface area contributed by atoms with Crippen LogP contribution in [0.2, 0.25) is 0 Å². The number of aryl methyl sites for hydroxylation is 1. The number of anilines is 1. The van der Waals surface area contributed by atoms with Gasteiger partial charge in [0.1, 0.15) is 24.1 Å². The zero-order valence-corrected chi connectivity index (χ0v) is 54.3. The lowest BCUT2D eigenvalue weighted by Crippen LogP contribution is -2.61. The van der Waals surface area contributed by atoms with Crippen molar-refractivity contribution >= 4 is 58.9 Å². The van der Waals surface area contributed by atoms with Gasteiger partial charge in [0, 0.05) is 74.4 Å². The second-order valence-electron chi connectivity index (χ2n) is 25.7. The van der Waals surface area contributed by atoms with Gasteiger partial charge in [0.2, 0.25) is 23.6 Å². The minimum Gasteiger partial charge on any atom is -0.478 e. The second-order valence-corrected chi connectivity index (χ2v) is 25.7. The molecular weight excluding hydrogens is 1140 g/mol. The van der Waals surface area contributed by atoms with Crippen molar-refractivity contribution in [3.05, 3.63) is 137 Å². The number of benzene rings is 4. The Balaban J connectivity index is 1.05. The summed E-state index contributed by atoms with van der Waals surface area (Å²) in [7, 11) is 5.10. The molecule has 0 aliphatic carbocycles. The number of carbonyl (C=O) groups excluding carboxylic acids is 8. The summed E-state index contributed by atoms with van der Waals surface area (Å²) in [6.45, 7) is 18.6. The van der Waals surface area contributed by atoms with Gasteiger partial charge in [0.25, 0.3) is 0 Å². The maximum atomic E-state index is 14.3. The van der Waals surface area contributed by atoms with Crippen molar-refractivity contribution in [2.75, 3.05) is 25.5 Å². The molecular formula is C69H90N10O11. The number of ketones is 2. The number of ether oxygens (including phenoxy) is 1. The predicted octanol–water partition coefficient (Wildman–Crippen LogP) is 7.95. The fraction of sp³-hybridized carbons (Fsp3) is 0.464. The number of rotatable bonds is 29. The number of primary amides is 1. The van der Waals surface area contributed by atoms with E-state index in [2.05, 4.69) is 31.6 Å². The van der Waals surface area contributed by atoms with Gasteiger partial charge in [-0.25, -0.2) is 14.3 Å². The van der Waals surface area contributed by atoms with Crippen LogP contribution in [0.15, 0.2) is 109 Å². The zero-order valence-electron chi connectivity index (χ0n) is 54.3. The molecule has 0 fully saturated rings. The van der Waals surface area contributed by atoms with E-state index in [0.717, 1.165) is 27.9 Å². The Morgan fingerprint density at radius 3 is 2.07 bits per heavy atom. The van der Waals surface area contributed by atoms with E-state index in [0.29, 0.717) is 34.5 Å². The number of nitrogens with two attached hydrogens (primary N) is 1. The van der Waals surface area contributed by atoms with Crippen molar-refractivity contribution < 1.29 is 53.0 Å². The van der Waals surface area contributed by atoms with Gasteiger partial charge < -0.3 is 46.6 Å². The number of urea groups is 1. The average Bonchev–Trinajstić information content (AvgIpc) is 1.49. The molecule has 0 spiro atoms. The third kappa shape index (κ3) is 18.2.